The van der Waals surface area contributed by atoms with Crippen molar-refractivity contribution in [3.05, 3.63) is 52.7 Å². The van der Waals surface area contributed by atoms with Crippen LogP contribution in [0.15, 0.2) is 30.5 Å². The average Bonchev–Trinajstić information content (AvgIpc) is 2.65. The average molecular weight is 237 g/mol. The Morgan fingerprint density at radius 2 is 1.89 bits per heavy atom. The Morgan fingerprint density at radius 1 is 1.11 bits per heavy atom. The summed E-state index contributed by atoms with van der Waals surface area (Å²) < 4.78 is 0. The quantitative estimate of drug-likeness (QED) is 0.569. The summed E-state index contributed by atoms with van der Waals surface area (Å²) in [5.74, 6) is 0. The minimum Gasteiger partial charge on any atom is -0.256 e. The van der Waals surface area contributed by atoms with Crippen LogP contribution in [0.2, 0.25) is 0 Å². The number of aryl methyl sites for hydroxylation is 1. The van der Waals surface area contributed by atoms with E-state index in [0.29, 0.717) is 0 Å². The van der Waals surface area contributed by atoms with Crippen molar-refractivity contribution in [2.45, 2.75) is 39.5 Å². The van der Waals surface area contributed by atoms with Crippen LogP contribution in [0.5, 0.6) is 0 Å². The fraction of sp³-hybridized carbons (Fsp3) is 0.353. The summed E-state index contributed by atoms with van der Waals surface area (Å²) in [6, 6.07) is 8.91. The molecule has 1 aliphatic rings. The van der Waals surface area contributed by atoms with Crippen molar-refractivity contribution < 1.29 is 0 Å². The van der Waals surface area contributed by atoms with Crippen LogP contribution in [0.4, 0.5) is 0 Å². The van der Waals surface area contributed by atoms with Crippen LogP contribution in [-0.2, 0) is 11.8 Å². The molecule has 92 valence electrons. The molecule has 1 aliphatic carbocycles. The molecule has 3 rings (SSSR count). The first kappa shape index (κ1) is 11.5. The molecule has 0 N–H and O–H groups in total. The smallest absolute Gasteiger partial charge is 0.0740 e. The molecule has 0 spiro atoms. The van der Waals surface area contributed by atoms with Gasteiger partial charge in [0.2, 0.25) is 0 Å². The van der Waals surface area contributed by atoms with Crippen LogP contribution >= 0.6 is 0 Å². The fourth-order valence-corrected chi connectivity index (χ4v) is 2.96. The molecule has 0 amide bonds. The molecular formula is C17H19N. The summed E-state index contributed by atoms with van der Waals surface area (Å²) >= 11 is 0. The van der Waals surface area contributed by atoms with Crippen LogP contribution in [-0.4, -0.2) is 4.98 Å². The van der Waals surface area contributed by atoms with Crippen LogP contribution in [0.3, 0.4) is 0 Å². The number of nitrogens with zero attached hydrogens (tertiary/aromatic N) is 1. The summed E-state index contributed by atoms with van der Waals surface area (Å²) in [5.41, 5.74) is 8.33. The first-order valence-corrected chi connectivity index (χ1v) is 6.55. The predicted molar refractivity (Wildman–Crippen MR) is 75.9 cm³/mol. The number of rotatable bonds is 0. The Kier molecular flexibility index (Phi) is 2.34. The lowest BCUT2D eigenvalue weighted by Gasteiger charge is -2.23. The molecule has 0 aliphatic heterocycles. The number of aromatic nitrogens is 1. The molecule has 0 atom stereocenters. The van der Waals surface area contributed by atoms with Gasteiger partial charge in [0.15, 0.2) is 0 Å². The molecule has 0 saturated heterocycles. The van der Waals surface area contributed by atoms with Gasteiger partial charge in [-0.2, -0.15) is 0 Å². The van der Waals surface area contributed by atoms with Crippen LogP contribution < -0.4 is 0 Å². The highest BCUT2D eigenvalue weighted by Gasteiger charge is 2.24. The molecule has 1 heterocycles. The Hall–Kier alpha value is -1.63. The minimum absolute atomic E-state index is 0.210. The summed E-state index contributed by atoms with van der Waals surface area (Å²) in [7, 11) is 0. The van der Waals surface area contributed by atoms with Crippen molar-refractivity contribution in [2.75, 3.05) is 0 Å². The monoisotopic (exact) mass is 237 g/mol. The van der Waals surface area contributed by atoms with Crippen molar-refractivity contribution in [3.63, 3.8) is 0 Å². The zero-order valence-electron chi connectivity index (χ0n) is 11.5. The number of benzene rings is 1. The normalized spacial score (nSPS) is 13.3. The second-order valence-corrected chi connectivity index (χ2v) is 6.26. The molecule has 2 aromatic rings. The van der Waals surface area contributed by atoms with Crippen molar-refractivity contribution in [3.8, 4) is 11.3 Å². The van der Waals surface area contributed by atoms with E-state index in [1.54, 1.807) is 0 Å². The maximum absolute atomic E-state index is 4.53. The maximum atomic E-state index is 4.53. The van der Waals surface area contributed by atoms with E-state index in [9.17, 15) is 0 Å². The number of hydrogen-bond donors (Lipinski definition) is 0. The molecule has 0 bridgehead atoms. The standard InChI is InChI=1S/C17H19N/c1-11-8-14-13(10-15(11)17(2,3)4)9-12-6-5-7-18-16(12)14/h5-8,10H,9H2,1-4H3. The highest BCUT2D eigenvalue weighted by atomic mass is 14.7. The van der Waals surface area contributed by atoms with E-state index in [0.717, 1.165) is 6.42 Å². The summed E-state index contributed by atoms with van der Waals surface area (Å²) in [6.45, 7) is 9.05. The SMILES string of the molecule is Cc1cc2c(cc1C(C)(C)C)Cc1cccnc1-2. The minimum atomic E-state index is 0.210. The lowest BCUT2D eigenvalue weighted by atomic mass is 9.82. The Bertz CT molecular complexity index is 618. The van der Waals surface area contributed by atoms with Gasteiger partial charge in [0.25, 0.3) is 0 Å². The molecule has 1 nitrogen and oxygen atoms in total. The van der Waals surface area contributed by atoms with Gasteiger partial charge < -0.3 is 0 Å². The van der Waals surface area contributed by atoms with Crippen molar-refractivity contribution in [1.29, 1.82) is 0 Å². The van der Waals surface area contributed by atoms with E-state index in [2.05, 4.69) is 50.9 Å². The Morgan fingerprint density at radius 3 is 2.61 bits per heavy atom. The maximum Gasteiger partial charge on any atom is 0.0740 e. The number of pyridine rings is 1. The Labute approximate surface area is 109 Å². The summed E-state index contributed by atoms with van der Waals surface area (Å²) in [6.07, 6.45) is 2.92. The third kappa shape index (κ3) is 1.66. The fourth-order valence-electron chi connectivity index (χ4n) is 2.96. The molecule has 1 aromatic heterocycles. The van der Waals surface area contributed by atoms with Gasteiger partial charge in [-0.25, -0.2) is 0 Å². The molecule has 0 fully saturated rings. The van der Waals surface area contributed by atoms with E-state index in [-0.39, 0.29) is 5.41 Å². The molecular weight excluding hydrogens is 218 g/mol. The van der Waals surface area contributed by atoms with Gasteiger partial charge >= 0.3 is 0 Å². The first-order chi connectivity index (χ1) is 8.47. The van der Waals surface area contributed by atoms with Gasteiger partial charge in [0.1, 0.15) is 0 Å². The van der Waals surface area contributed by atoms with E-state index in [1.165, 1.54) is 33.5 Å². The van der Waals surface area contributed by atoms with E-state index in [1.807, 2.05) is 12.3 Å². The topological polar surface area (TPSA) is 12.9 Å². The van der Waals surface area contributed by atoms with E-state index in [4.69, 9.17) is 0 Å². The molecule has 0 radical (unpaired) electrons. The Balaban J connectivity index is 2.20. The second-order valence-electron chi connectivity index (χ2n) is 6.26. The van der Waals surface area contributed by atoms with Crippen LogP contribution in [0.25, 0.3) is 11.3 Å². The van der Waals surface area contributed by atoms with Gasteiger partial charge in [0.05, 0.1) is 5.69 Å². The first-order valence-electron chi connectivity index (χ1n) is 6.55. The highest BCUT2D eigenvalue weighted by Crippen LogP contribution is 2.38. The largest absolute Gasteiger partial charge is 0.256 e. The summed E-state index contributed by atoms with van der Waals surface area (Å²) in [5, 5.41) is 0. The van der Waals surface area contributed by atoms with Gasteiger partial charge in [-0.1, -0.05) is 32.9 Å². The zero-order valence-corrected chi connectivity index (χ0v) is 11.5. The van der Waals surface area contributed by atoms with Gasteiger partial charge in [0, 0.05) is 18.2 Å². The van der Waals surface area contributed by atoms with Crippen molar-refractivity contribution >= 4 is 0 Å². The van der Waals surface area contributed by atoms with Gasteiger partial charge in [-0.05, 0) is 46.7 Å². The third-order valence-electron chi connectivity index (χ3n) is 3.79. The predicted octanol–water partition coefficient (Wildman–Crippen LogP) is 4.26. The molecule has 1 heteroatoms. The van der Waals surface area contributed by atoms with Gasteiger partial charge in [-0.15, -0.1) is 0 Å². The number of hydrogen-bond acceptors (Lipinski definition) is 1. The molecule has 0 saturated carbocycles. The number of fused-ring (bicyclic) bond motifs is 3. The molecule has 1 aromatic carbocycles. The highest BCUT2D eigenvalue weighted by molar-refractivity contribution is 5.74. The molecule has 18 heavy (non-hydrogen) atoms. The third-order valence-corrected chi connectivity index (χ3v) is 3.79. The second kappa shape index (κ2) is 3.68. The zero-order chi connectivity index (χ0) is 12.9. The summed E-state index contributed by atoms with van der Waals surface area (Å²) in [4.78, 5) is 4.53. The van der Waals surface area contributed by atoms with Crippen molar-refractivity contribution in [1.82, 2.24) is 4.98 Å². The van der Waals surface area contributed by atoms with Gasteiger partial charge in [-0.3, -0.25) is 4.98 Å². The van der Waals surface area contributed by atoms with Crippen molar-refractivity contribution in [2.24, 2.45) is 0 Å². The van der Waals surface area contributed by atoms with E-state index >= 15 is 0 Å². The molecule has 0 unspecified atom stereocenters. The lowest BCUT2D eigenvalue weighted by molar-refractivity contribution is 0.585. The van der Waals surface area contributed by atoms with Crippen LogP contribution in [0.1, 0.15) is 43.0 Å². The van der Waals surface area contributed by atoms with E-state index < -0.39 is 0 Å². The lowest BCUT2D eigenvalue weighted by Crippen LogP contribution is -2.13. The van der Waals surface area contributed by atoms with Crippen LogP contribution in [0, 0.1) is 6.92 Å².